The lowest BCUT2D eigenvalue weighted by Crippen LogP contribution is -2.23. The zero-order valence-electron chi connectivity index (χ0n) is 11.8. The van der Waals surface area contributed by atoms with Crippen molar-refractivity contribution < 1.29 is 0 Å². The van der Waals surface area contributed by atoms with E-state index in [4.69, 9.17) is 0 Å². The first-order chi connectivity index (χ1) is 8.33. The monoisotopic (exact) mass is 234 g/mol. The van der Waals surface area contributed by atoms with Crippen LogP contribution in [0.5, 0.6) is 0 Å². The molecule has 0 aromatic heterocycles. The second-order valence-electron chi connectivity index (χ2n) is 6.36. The van der Waals surface area contributed by atoms with Gasteiger partial charge in [0.15, 0.2) is 0 Å². The number of rotatable bonds is 4. The maximum atomic E-state index is 2.57. The molecule has 2 rings (SSSR count). The SMILES string of the molecule is CCCC1CCC(C2C=CC(CC)CC2)CC1. The molecule has 0 bridgehead atoms. The van der Waals surface area contributed by atoms with Crippen molar-refractivity contribution in [2.24, 2.45) is 23.7 Å². The summed E-state index contributed by atoms with van der Waals surface area (Å²) in [5, 5.41) is 0. The average molecular weight is 234 g/mol. The molecule has 2 unspecified atom stereocenters. The fourth-order valence-corrected chi connectivity index (χ4v) is 3.95. The Kier molecular flexibility index (Phi) is 5.13. The summed E-state index contributed by atoms with van der Waals surface area (Å²) in [5.41, 5.74) is 0. The van der Waals surface area contributed by atoms with E-state index in [1.165, 1.54) is 57.8 Å². The molecule has 98 valence electrons. The van der Waals surface area contributed by atoms with Crippen molar-refractivity contribution in [3.05, 3.63) is 12.2 Å². The van der Waals surface area contributed by atoms with E-state index >= 15 is 0 Å². The van der Waals surface area contributed by atoms with Gasteiger partial charge in [-0.1, -0.05) is 51.7 Å². The minimum atomic E-state index is 0.891. The molecule has 1 fully saturated rings. The highest BCUT2D eigenvalue weighted by Crippen LogP contribution is 2.39. The summed E-state index contributed by atoms with van der Waals surface area (Å²) in [6, 6.07) is 0. The smallest absolute Gasteiger partial charge is 0.0205 e. The van der Waals surface area contributed by atoms with Crippen LogP contribution in [0.15, 0.2) is 12.2 Å². The van der Waals surface area contributed by atoms with Gasteiger partial charge in [0.25, 0.3) is 0 Å². The van der Waals surface area contributed by atoms with Gasteiger partial charge >= 0.3 is 0 Å². The molecule has 0 heteroatoms. The van der Waals surface area contributed by atoms with Crippen molar-refractivity contribution in [3.8, 4) is 0 Å². The van der Waals surface area contributed by atoms with Crippen LogP contribution >= 0.6 is 0 Å². The molecule has 2 aliphatic carbocycles. The van der Waals surface area contributed by atoms with Crippen LogP contribution in [-0.4, -0.2) is 0 Å². The van der Waals surface area contributed by atoms with Gasteiger partial charge in [0.2, 0.25) is 0 Å². The molecule has 0 saturated heterocycles. The number of hydrogen-bond acceptors (Lipinski definition) is 0. The van der Waals surface area contributed by atoms with Crippen LogP contribution < -0.4 is 0 Å². The van der Waals surface area contributed by atoms with Crippen LogP contribution in [0, 0.1) is 23.7 Å². The van der Waals surface area contributed by atoms with Gasteiger partial charge in [-0.3, -0.25) is 0 Å². The van der Waals surface area contributed by atoms with Gasteiger partial charge in [0.05, 0.1) is 0 Å². The summed E-state index contributed by atoms with van der Waals surface area (Å²) < 4.78 is 0. The standard InChI is InChI=1S/C17H30/c1-3-5-15-8-12-17(13-9-15)16-10-6-14(4-2)7-11-16/h6,10,14-17H,3-5,7-9,11-13H2,1-2H3. The molecule has 0 spiro atoms. The van der Waals surface area contributed by atoms with E-state index in [-0.39, 0.29) is 0 Å². The van der Waals surface area contributed by atoms with Gasteiger partial charge in [-0.15, -0.1) is 0 Å². The zero-order chi connectivity index (χ0) is 12.1. The van der Waals surface area contributed by atoms with Crippen molar-refractivity contribution >= 4 is 0 Å². The summed E-state index contributed by atoms with van der Waals surface area (Å²) in [7, 11) is 0. The second kappa shape index (κ2) is 6.61. The highest BCUT2D eigenvalue weighted by atomic mass is 14.3. The van der Waals surface area contributed by atoms with Crippen LogP contribution in [0.4, 0.5) is 0 Å². The van der Waals surface area contributed by atoms with E-state index in [2.05, 4.69) is 26.0 Å². The Morgan fingerprint density at radius 1 is 0.882 bits per heavy atom. The van der Waals surface area contributed by atoms with E-state index in [1.54, 1.807) is 0 Å². The molecule has 0 heterocycles. The molecule has 0 aromatic carbocycles. The zero-order valence-corrected chi connectivity index (χ0v) is 11.8. The first kappa shape index (κ1) is 13.2. The highest BCUT2D eigenvalue weighted by Gasteiger charge is 2.27. The van der Waals surface area contributed by atoms with Crippen LogP contribution in [0.2, 0.25) is 0 Å². The van der Waals surface area contributed by atoms with E-state index in [0.29, 0.717) is 0 Å². The van der Waals surface area contributed by atoms with E-state index in [9.17, 15) is 0 Å². The summed E-state index contributed by atoms with van der Waals surface area (Å²) in [6.07, 6.45) is 18.3. The molecule has 0 aromatic rings. The largest absolute Gasteiger partial charge is 0.0851 e. The molecular formula is C17H30. The quantitative estimate of drug-likeness (QED) is 0.557. The van der Waals surface area contributed by atoms with Crippen molar-refractivity contribution in [1.29, 1.82) is 0 Å². The summed E-state index contributed by atoms with van der Waals surface area (Å²) in [4.78, 5) is 0. The van der Waals surface area contributed by atoms with Crippen molar-refractivity contribution in [2.75, 3.05) is 0 Å². The van der Waals surface area contributed by atoms with Gasteiger partial charge in [-0.25, -0.2) is 0 Å². The second-order valence-corrected chi connectivity index (χ2v) is 6.36. The fourth-order valence-electron chi connectivity index (χ4n) is 3.95. The lowest BCUT2D eigenvalue weighted by Gasteiger charge is -2.35. The van der Waals surface area contributed by atoms with Gasteiger partial charge in [-0.2, -0.15) is 0 Å². The molecule has 2 aliphatic rings. The first-order valence-corrected chi connectivity index (χ1v) is 8.01. The number of allylic oxidation sites excluding steroid dienone is 2. The van der Waals surface area contributed by atoms with Crippen molar-refractivity contribution in [2.45, 2.75) is 71.6 Å². The van der Waals surface area contributed by atoms with Crippen LogP contribution in [0.25, 0.3) is 0 Å². The first-order valence-electron chi connectivity index (χ1n) is 8.01. The Morgan fingerprint density at radius 3 is 2.18 bits per heavy atom. The molecule has 1 saturated carbocycles. The van der Waals surface area contributed by atoms with Gasteiger partial charge in [0.1, 0.15) is 0 Å². The lowest BCUT2D eigenvalue weighted by molar-refractivity contribution is 0.205. The van der Waals surface area contributed by atoms with E-state index in [0.717, 1.165) is 23.7 Å². The van der Waals surface area contributed by atoms with Gasteiger partial charge in [0, 0.05) is 0 Å². The average Bonchev–Trinajstić information content (AvgIpc) is 2.40. The van der Waals surface area contributed by atoms with Gasteiger partial charge < -0.3 is 0 Å². The van der Waals surface area contributed by atoms with E-state index < -0.39 is 0 Å². The molecule has 2 atom stereocenters. The Labute approximate surface area is 108 Å². The normalized spacial score (nSPS) is 38.2. The highest BCUT2D eigenvalue weighted by molar-refractivity contribution is 5.00. The van der Waals surface area contributed by atoms with E-state index in [1.807, 2.05) is 0 Å². The lowest BCUT2D eigenvalue weighted by atomic mass is 9.71. The van der Waals surface area contributed by atoms with Crippen molar-refractivity contribution in [1.82, 2.24) is 0 Å². The third-order valence-electron chi connectivity index (χ3n) is 5.22. The summed E-state index contributed by atoms with van der Waals surface area (Å²) >= 11 is 0. The van der Waals surface area contributed by atoms with Crippen molar-refractivity contribution in [3.63, 3.8) is 0 Å². The van der Waals surface area contributed by atoms with Crippen LogP contribution in [-0.2, 0) is 0 Å². The minimum Gasteiger partial charge on any atom is -0.0851 e. The molecule has 0 N–H and O–H groups in total. The third-order valence-corrected chi connectivity index (χ3v) is 5.22. The summed E-state index contributed by atoms with van der Waals surface area (Å²) in [6.45, 7) is 4.66. The van der Waals surface area contributed by atoms with Crippen LogP contribution in [0.1, 0.15) is 71.6 Å². The van der Waals surface area contributed by atoms with Gasteiger partial charge in [-0.05, 0) is 55.8 Å². The molecule has 0 radical (unpaired) electrons. The predicted octanol–water partition coefficient (Wildman–Crippen LogP) is 5.59. The molecule has 17 heavy (non-hydrogen) atoms. The molecular weight excluding hydrogens is 204 g/mol. The molecule has 0 nitrogen and oxygen atoms in total. The Morgan fingerprint density at radius 2 is 1.65 bits per heavy atom. The van der Waals surface area contributed by atoms with Crippen LogP contribution in [0.3, 0.4) is 0 Å². The fraction of sp³-hybridized carbons (Fsp3) is 0.882. The number of hydrogen-bond donors (Lipinski definition) is 0. The minimum absolute atomic E-state index is 0.891. The Hall–Kier alpha value is -0.260. The topological polar surface area (TPSA) is 0 Å². The maximum absolute atomic E-state index is 2.57. The molecule has 0 aliphatic heterocycles. The predicted molar refractivity (Wildman–Crippen MR) is 76.0 cm³/mol. The Bertz CT molecular complexity index is 232. The molecule has 0 amide bonds. The third kappa shape index (κ3) is 3.60. The maximum Gasteiger partial charge on any atom is -0.0205 e. The summed E-state index contributed by atoms with van der Waals surface area (Å²) in [5.74, 6) is 3.91. The Balaban J connectivity index is 1.77.